The van der Waals surface area contributed by atoms with Crippen LogP contribution in [-0.4, -0.2) is 75.8 Å². The topological polar surface area (TPSA) is 128 Å². The number of ether oxygens (including phenoxy) is 3. The molecule has 0 unspecified atom stereocenters. The summed E-state index contributed by atoms with van der Waals surface area (Å²) in [5.41, 5.74) is -0.843. The second-order valence-electron chi connectivity index (χ2n) is 13.4. The molecule has 2 aromatic rings. The number of amides is 3. The van der Waals surface area contributed by atoms with Crippen molar-refractivity contribution in [2.45, 2.75) is 102 Å². The fourth-order valence-electron chi connectivity index (χ4n) is 6.37. The predicted octanol–water partition coefficient (Wildman–Crippen LogP) is 4.38. The Labute approximate surface area is 264 Å². The molecule has 1 aliphatic carbocycles. The molecular weight excluding hydrogens is 576 g/mol. The van der Waals surface area contributed by atoms with Crippen molar-refractivity contribution in [1.29, 1.82) is 0 Å². The monoisotopic (exact) mass is 622 g/mol. The molecular formula is C34H46N4O7. The first-order chi connectivity index (χ1) is 21.4. The molecule has 2 N–H and O–H groups in total. The van der Waals surface area contributed by atoms with E-state index in [-0.39, 0.29) is 31.4 Å². The highest BCUT2D eigenvalue weighted by molar-refractivity contribution is 5.96. The van der Waals surface area contributed by atoms with Crippen molar-refractivity contribution >= 4 is 34.8 Å². The van der Waals surface area contributed by atoms with Crippen LogP contribution in [-0.2, 0) is 30.9 Å². The number of nitrogens with one attached hydrogen (secondary N) is 2. The molecule has 0 radical (unpaired) electrons. The van der Waals surface area contributed by atoms with Crippen LogP contribution in [0.2, 0.25) is 0 Å². The number of allylic oxidation sites excluding steroid dienone is 1. The number of benzene rings is 1. The van der Waals surface area contributed by atoms with Gasteiger partial charge in [0.2, 0.25) is 11.8 Å². The average molecular weight is 623 g/mol. The molecule has 3 aliphatic rings. The van der Waals surface area contributed by atoms with Crippen LogP contribution < -0.4 is 15.4 Å². The summed E-state index contributed by atoms with van der Waals surface area (Å²) in [4.78, 5) is 55.7. The number of carbonyl (C=O) groups excluding carboxylic acids is 4. The van der Waals surface area contributed by atoms with E-state index in [4.69, 9.17) is 14.2 Å². The van der Waals surface area contributed by atoms with Gasteiger partial charge in [0.15, 0.2) is 0 Å². The van der Waals surface area contributed by atoms with Crippen LogP contribution in [0.5, 0.6) is 5.75 Å². The number of esters is 1. The standard InChI is InChI=1S/C34H46N4O7/c1-6-43-31(41)34-20-23(34)12-10-8-7-9-11-13-26(35-32(42)45-33(2,3)4)30(40)38-21-25(19-28(38)29(39)36-34)44-24-14-15-27-22(18-24)16-17-37(27)5/h10,12,14-18,23,25-26,28H,6-9,11,13,19-21H2,1-5H3,(H,35,42)(H,36,39)/b12-10-/t23-,25-,26+,28+,34-/m1/s1. The van der Waals surface area contributed by atoms with E-state index in [1.54, 1.807) is 27.7 Å². The van der Waals surface area contributed by atoms with Crippen molar-refractivity contribution in [3.05, 3.63) is 42.6 Å². The zero-order valence-corrected chi connectivity index (χ0v) is 27.0. The van der Waals surface area contributed by atoms with Crippen molar-refractivity contribution in [1.82, 2.24) is 20.1 Å². The van der Waals surface area contributed by atoms with E-state index in [1.807, 2.05) is 54.2 Å². The van der Waals surface area contributed by atoms with E-state index in [2.05, 4.69) is 10.6 Å². The van der Waals surface area contributed by atoms with Crippen LogP contribution in [0, 0.1) is 5.92 Å². The van der Waals surface area contributed by atoms with Crippen LogP contribution in [0.1, 0.15) is 72.6 Å². The second-order valence-corrected chi connectivity index (χ2v) is 13.4. The van der Waals surface area contributed by atoms with E-state index in [0.717, 1.165) is 30.2 Å². The summed E-state index contributed by atoms with van der Waals surface area (Å²) >= 11 is 0. The Morgan fingerprint density at radius 2 is 1.93 bits per heavy atom. The highest BCUT2D eigenvalue weighted by atomic mass is 16.6. The number of alkyl carbamates (subject to hydrolysis) is 1. The van der Waals surface area contributed by atoms with Gasteiger partial charge < -0.3 is 34.3 Å². The van der Waals surface area contributed by atoms with Gasteiger partial charge >= 0.3 is 12.1 Å². The number of carbonyl (C=O) groups is 4. The average Bonchev–Trinajstić information content (AvgIpc) is 3.29. The summed E-state index contributed by atoms with van der Waals surface area (Å²) in [5.74, 6) is -0.837. The minimum Gasteiger partial charge on any atom is -0.488 e. The van der Waals surface area contributed by atoms with Gasteiger partial charge in [0.1, 0.15) is 35.1 Å². The molecule has 11 heteroatoms. The molecule has 244 valence electrons. The molecule has 1 aromatic carbocycles. The van der Waals surface area contributed by atoms with Gasteiger partial charge in [-0.15, -0.1) is 0 Å². The third-order valence-corrected chi connectivity index (χ3v) is 8.73. The third-order valence-electron chi connectivity index (χ3n) is 8.73. The number of aryl methyl sites for hydroxylation is 1. The van der Waals surface area contributed by atoms with Gasteiger partial charge in [-0.2, -0.15) is 0 Å². The molecule has 45 heavy (non-hydrogen) atoms. The lowest BCUT2D eigenvalue weighted by Crippen LogP contribution is -2.56. The van der Waals surface area contributed by atoms with Gasteiger partial charge in [-0.25, -0.2) is 9.59 Å². The molecule has 3 heterocycles. The van der Waals surface area contributed by atoms with E-state index in [9.17, 15) is 19.2 Å². The maximum Gasteiger partial charge on any atom is 0.408 e. The largest absolute Gasteiger partial charge is 0.488 e. The van der Waals surface area contributed by atoms with Crippen LogP contribution in [0.15, 0.2) is 42.6 Å². The number of fused-ring (bicyclic) bond motifs is 3. The van der Waals surface area contributed by atoms with Gasteiger partial charge in [0.25, 0.3) is 0 Å². The van der Waals surface area contributed by atoms with E-state index in [1.165, 1.54) is 4.90 Å². The third kappa shape index (κ3) is 7.45. The minimum absolute atomic E-state index is 0.145. The van der Waals surface area contributed by atoms with Crippen molar-refractivity contribution in [3.63, 3.8) is 0 Å². The summed E-state index contributed by atoms with van der Waals surface area (Å²) in [5, 5.41) is 6.77. The van der Waals surface area contributed by atoms with Gasteiger partial charge in [-0.3, -0.25) is 9.59 Å². The molecule has 0 spiro atoms. The Bertz CT molecular complexity index is 1460. The quantitative estimate of drug-likeness (QED) is 0.374. The van der Waals surface area contributed by atoms with Crippen molar-refractivity contribution in [2.24, 2.45) is 13.0 Å². The SMILES string of the molecule is CCOC(=O)[C@@]12C[C@H]1/C=C\CCCCC[C@H](NC(=O)OC(C)(C)C)C(=O)N1C[C@H](Oc3ccc4c(ccn4C)c3)C[C@H]1C(=O)N2. The normalized spacial score (nSPS) is 28.2. The lowest BCUT2D eigenvalue weighted by molar-refractivity contribution is -0.150. The van der Waals surface area contributed by atoms with Crippen molar-refractivity contribution in [2.75, 3.05) is 13.2 Å². The Morgan fingerprint density at radius 3 is 2.69 bits per heavy atom. The highest BCUT2D eigenvalue weighted by Gasteiger charge is 2.62. The summed E-state index contributed by atoms with van der Waals surface area (Å²) < 4.78 is 19.2. The molecule has 2 fully saturated rings. The molecule has 1 aromatic heterocycles. The molecule has 3 amide bonds. The lowest BCUT2D eigenvalue weighted by atomic mass is 10.0. The first kappa shape index (κ1) is 32.4. The fraction of sp³-hybridized carbons (Fsp3) is 0.588. The molecule has 1 saturated heterocycles. The fourth-order valence-corrected chi connectivity index (χ4v) is 6.37. The Hall–Kier alpha value is -4.02. The zero-order valence-electron chi connectivity index (χ0n) is 27.0. The molecule has 5 rings (SSSR count). The van der Waals surface area contributed by atoms with Crippen LogP contribution in [0.25, 0.3) is 10.9 Å². The van der Waals surface area contributed by atoms with Crippen LogP contribution in [0.4, 0.5) is 4.79 Å². The van der Waals surface area contributed by atoms with Crippen molar-refractivity contribution in [3.8, 4) is 5.75 Å². The number of hydrogen-bond acceptors (Lipinski definition) is 7. The molecule has 1 saturated carbocycles. The number of nitrogens with zero attached hydrogens (tertiary/aromatic N) is 2. The highest BCUT2D eigenvalue weighted by Crippen LogP contribution is 2.46. The smallest absolute Gasteiger partial charge is 0.408 e. The van der Waals surface area contributed by atoms with Gasteiger partial charge in [0, 0.05) is 36.5 Å². The minimum atomic E-state index is -1.16. The van der Waals surface area contributed by atoms with Crippen LogP contribution >= 0.6 is 0 Å². The number of rotatable bonds is 5. The van der Waals surface area contributed by atoms with Gasteiger partial charge in [-0.05, 0) is 77.6 Å². The maximum absolute atomic E-state index is 14.2. The Morgan fingerprint density at radius 1 is 1.13 bits per heavy atom. The zero-order chi connectivity index (χ0) is 32.4. The number of aromatic nitrogens is 1. The molecule has 5 atom stereocenters. The summed E-state index contributed by atoms with van der Waals surface area (Å²) in [6.45, 7) is 7.36. The van der Waals surface area contributed by atoms with Crippen molar-refractivity contribution < 1.29 is 33.4 Å². The predicted molar refractivity (Wildman–Crippen MR) is 168 cm³/mol. The molecule has 2 aliphatic heterocycles. The van der Waals surface area contributed by atoms with E-state index in [0.29, 0.717) is 25.0 Å². The van der Waals surface area contributed by atoms with Gasteiger partial charge in [-0.1, -0.05) is 25.0 Å². The first-order valence-electron chi connectivity index (χ1n) is 16.1. The maximum atomic E-state index is 14.2. The molecule has 11 nitrogen and oxygen atoms in total. The second kappa shape index (κ2) is 13.1. The summed E-state index contributed by atoms with van der Waals surface area (Å²) in [7, 11) is 1.97. The summed E-state index contributed by atoms with van der Waals surface area (Å²) in [6.07, 6.45) is 9.17. The first-order valence-corrected chi connectivity index (χ1v) is 16.1. The van der Waals surface area contributed by atoms with E-state index < -0.39 is 47.3 Å². The number of hydrogen-bond donors (Lipinski definition) is 2. The lowest BCUT2D eigenvalue weighted by Gasteiger charge is -2.30. The Balaban J connectivity index is 1.43. The molecule has 0 bridgehead atoms. The van der Waals surface area contributed by atoms with E-state index >= 15 is 0 Å². The van der Waals surface area contributed by atoms with Crippen LogP contribution in [0.3, 0.4) is 0 Å². The summed E-state index contributed by atoms with van der Waals surface area (Å²) in [6, 6.07) is 6.00. The van der Waals surface area contributed by atoms with Gasteiger partial charge in [0.05, 0.1) is 13.2 Å². The Kier molecular flexibility index (Phi) is 9.46.